The van der Waals surface area contributed by atoms with E-state index < -0.39 is 23.3 Å². The average molecular weight is 362 g/mol. The van der Waals surface area contributed by atoms with Gasteiger partial charge in [-0.1, -0.05) is 12.7 Å². The molecule has 0 aliphatic heterocycles. The molecule has 6 heteroatoms. The number of fused-ring (bicyclic) bond motifs is 1. The molecule has 0 saturated carbocycles. The van der Waals surface area contributed by atoms with Crippen LogP contribution >= 0.6 is 0 Å². The van der Waals surface area contributed by atoms with Crippen molar-refractivity contribution in [1.82, 2.24) is 0 Å². The number of hydrogen-bond acceptors (Lipinski definition) is 2. The summed E-state index contributed by atoms with van der Waals surface area (Å²) in [6.45, 7) is 3.68. The second-order valence-corrected chi connectivity index (χ2v) is 5.51. The normalized spacial score (nSPS) is 10.8. The molecule has 0 amide bonds. The third-order valence-electron chi connectivity index (χ3n) is 3.73. The summed E-state index contributed by atoms with van der Waals surface area (Å²) < 4.78 is 65.1. The number of halogens is 4. The number of rotatable bonds is 6. The fourth-order valence-corrected chi connectivity index (χ4v) is 2.42. The van der Waals surface area contributed by atoms with Crippen LogP contribution in [0.1, 0.15) is 5.56 Å². The Kier molecular flexibility index (Phi) is 5.11. The maximum absolute atomic E-state index is 14.1. The average Bonchev–Trinajstić information content (AvgIpc) is 2.63. The standard InChI is InChI=1S/C20H14F4O2/c1-2-7-25-15-4-3-12(17(21)10-15)11-26-14-5-6-16-13(8-14)9-18(22)20(24)19(16)23/h2-6,8-10H,1,7,11H2. The molecule has 3 aromatic carbocycles. The van der Waals surface area contributed by atoms with Gasteiger partial charge in [0, 0.05) is 17.0 Å². The Morgan fingerprint density at radius 1 is 0.808 bits per heavy atom. The minimum Gasteiger partial charge on any atom is -0.489 e. The van der Waals surface area contributed by atoms with E-state index in [9.17, 15) is 17.6 Å². The van der Waals surface area contributed by atoms with Gasteiger partial charge in [0.15, 0.2) is 17.5 Å². The predicted molar refractivity (Wildman–Crippen MR) is 90.2 cm³/mol. The Bertz CT molecular complexity index is 970. The fraction of sp³-hybridized carbons (Fsp3) is 0.100. The molecule has 0 saturated heterocycles. The monoisotopic (exact) mass is 362 g/mol. The van der Waals surface area contributed by atoms with Gasteiger partial charge in [-0.05, 0) is 41.8 Å². The van der Waals surface area contributed by atoms with Gasteiger partial charge in [0.05, 0.1) is 0 Å². The summed E-state index contributed by atoms with van der Waals surface area (Å²) in [5.41, 5.74) is 0.285. The lowest BCUT2D eigenvalue weighted by Gasteiger charge is -2.10. The molecule has 26 heavy (non-hydrogen) atoms. The van der Waals surface area contributed by atoms with E-state index >= 15 is 0 Å². The molecule has 0 N–H and O–H groups in total. The Labute approximate surface area is 147 Å². The summed E-state index contributed by atoms with van der Waals surface area (Å²) >= 11 is 0. The molecular formula is C20H14F4O2. The van der Waals surface area contributed by atoms with Crippen molar-refractivity contribution in [1.29, 1.82) is 0 Å². The first kappa shape index (κ1) is 17.8. The molecule has 2 nitrogen and oxygen atoms in total. The summed E-state index contributed by atoms with van der Waals surface area (Å²) in [6.07, 6.45) is 1.55. The lowest BCUT2D eigenvalue weighted by molar-refractivity contribution is 0.299. The first-order valence-electron chi connectivity index (χ1n) is 7.71. The minimum absolute atomic E-state index is 0.0637. The summed E-state index contributed by atoms with van der Waals surface area (Å²) in [5.74, 6) is -3.93. The Hall–Kier alpha value is -3.02. The van der Waals surface area contributed by atoms with Crippen LogP contribution in [0.3, 0.4) is 0 Å². The van der Waals surface area contributed by atoms with Crippen LogP contribution in [0, 0.1) is 23.3 Å². The molecule has 0 unspecified atom stereocenters. The van der Waals surface area contributed by atoms with Gasteiger partial charge in [0.2, 0.25) is 0 Å². The largest absolute Gasteiger partial charge is 0.489 e. The van der Waals surface area contributed by atoms with Crippen molar-refractivity contribution in [2.75, 3.05) is 6.61 Å². The molecule has 3 aromatic rings. The van der Waals surface area contributed by atoms with Crippen LogP contribution in [-0.4, -0.2) is 6.61 Å². The Morgan fingerprint density at radius 3 is 2.27 bits per heavy atom. The first-order valence-corrected chi connectivity index (χ1v) is 7.71. The molecule has 0 radical (unpaired) electrons. The molecule has 0 aliphatic carbocycles. The van der Waals surface area contributed by atoms with Crippen LogP contribution in [0.15, 0.2) is 55.1 Å². The molecule has 134 valence electrons. The minimum atomic E-state index is -1.52. The Balaban J connectivity index is 1.77. The van der Waals surface area contributed by atoms with Gasteiger partial charge in [-0.15, -0.1) is 0 Å². The van der Waals surface area contributed by atoms with E-state index in [1.54, 1.807) is 12.1 Å². The third-order valence-corrected chi connectivity index (χ3v) is 3.73. The second kappa shape index (κ2) is 7.47. The highest BCUT2D eigenvalue weighted by atomic mass is 19.2. The van der Waals surface area contributed by atoms with E-state index in [4.69, 9.17) is 9.47 Å². The second-order valence-electron chi connectivity index (χ2n) is 5.51. The quantitative estimate of drug-likeness (QED) is 0.326. The summed E-state index contributed by atoms with van der Waals surface area (Å²) in [6, 6.07) is 9.28. The van der Waals surface area contributed by atoms with Crippen molar-refractivity contribution < 1.29 is 27.0 Å². The highest BCUT2D eigenvalue weighted by molar-refractivity contribution is 5.84. The van der Waals surface area contributed by atoms with Gasteiger partial charge in [0.1, 0.15) is 30.5 Å². The molecule has 0 spiro atoms. The number of hydrogen-bond donors (Lipinski definition) is 0. The van der Waals surface area contributed by atoms with Gasteiger partial charge in [-0.3, -0.25) is 0 Å². The first-order chi connectivity index (χ1) is 12.5. The van der Waals surface area contributed by atoms with Gasteiger partial charge in [-0.25, -0.2) is 17.6 Å². The van der Waals surface area contributed by atoms with Crippen LogP contribution in [0.4, 0.5) is 17.6 Å². The highest BCUT2D eigenvalue weighted by Crippen LogP contribution is 2.27. The van der Waals surface area contributed by atoms with Crippen LogP contribution < -0.4 is 9.47 Å². The van der Waals surface area contributed by atoms with E-state index in [2.05, 4.69) is 6.58 Å². The highest BCUT2D eigenvalue weighted by Gasteiger charge is 2.14. The third kappa shape index (κ3) is 3.64. The van der Waals surface area contributed by atoms with Crippen molar-refractivity contribution in [3.8, 4) is 11.5 Å². The summed E-state index contributed by atoms with van der Waals surface area (Å²) in [5, 5.41) is 0.0821. The van der Waals surface area contributed by atoms with E-state index in [1.807, 2.05) is 0 Å². The zero-order valence-corrected chi connectivity index (χ0v) is 13.6. The SMILES string of the molecule is C=CCOc1ccc(COc2ccc3c(F)c(F)c(F)cc3c2)c(F)c1. The molecule has 0 fully saturated rings. The van der Waals surface area contributed by atoms with E-state index in [0.29, 0.717) is 5.75 Å². The summed E-state index contributed by atoms with van der Waals surface area (Å²) in [4.78, 5) is 0. The van der Waals surface area contributed by atoms with Crippen LogP contribution in [-0.2, 0) is 6.61 Å². The van der Waals surface area contributed by atoms with E-state index in [-0.39, 0.29) is 35.3 Å². The smallest absolute Gasteiger partial charge is 0.195 e. The van der Waals surface area contributed by atoms with Crippen molar-refractivity contribution in [2.45, 2.75) is 6.61 Å². The van der Waals surface area contributed by atoms with Crippen molar-refractivity contribution in [2.24, 2.45) is 0 Å². The van der Waals surface area contributed by atoms with Gasteiger partial charge in [-0.2, -0.15) is 0 Å². The molecule has 3 rings (SSSR count). The molecule has 0 heterocycles. The maximum Gasteiger partial charge on any atom is 0.195 e. The number of ether oxygens (including phenoxy) is 2. The van der Waals surface area contributed by atoms with Gasteiger partial charge in [0.25, 0.3) is 0 Å². The zero-order chi connectivity index (χ0) is 18.7. The fourth-order valence-electron chi connectivity index (χ4n) is 2.42. The van der Waals surface area contributed by atoms with Crippen LogP contribution in [0.5, 0.6) is 11.5 Å². The van der Waals surface area contributed by atoms with Crippen molar-refractivity contribution in [3.63, 3.8) is 0 Å². The lowest BCUT2D eigenvalue weighted by Crippen LogP contribution is -2.00. The zero-order valence-electron chi connectivity index (χ0n) is 13.6. The van der Waals surface area contributed by atoms with Crippen LogP contribution in [0.2, 0.25) is 0 Å². The molecule has 0 bridgehead atoms. The van der Waals surface area contributed by atoms with E-state index in [0.717, 1.165) is 6.07 Å². The predicted octanol–water partition coefficient (Wildman–Crippen LogP) is 5.54. The molecular weight excluding hydrogens is 348 g/mol. The van der Waals surface area contributed by atoms with Crippen molar-refractivity contribution in [3.05, 3.63) is 84.0 Å². The summed E-state index contributed by atoms with van der Waals surface area (Å²) in [7, 11) is 0. The number of benzene rings is 3. The van der Waals surface area contributed by atoms with Gasteiger partial charge >= 0.3 is 0 Å². The lowest BCUT2D eigenvalue weighted by atomic mass is 10.1. The molecule has 0 aliphatic rings. The van der Waals surface area contributed by atoms with E-state index in [1.165, 1.54) is 30.3 Å². The maximum atomic E-state index is 14.1. The topological polar surface area (TPSA) is 18.5 Å². The van der Waals surface area contributed by atoms with Crippen molar-refractivity contribution >= 4 is 10.8 Å². The molecule has 0 aromatic heterocycles. The van der Waals surface area contributed by atoms with Crippen LogP contribution in [0.25, 0.3) is 10.8 Å². The molecule has 0 atom stereocenters. The Morgan fingerprint density at radius 2 is 1.54 bits per heavy atom. The van der Waals surface area contributed by atoms with Gasteiger partial charge < -0.3 is 9.47 Å².